The predicted octanol–water partition coefficient (Wildman–Crippen LogP) is 5.67. The molecule has 4 saturated carbocycles. The Morgan fingerprint density at radius 1 is 0.975 bits per heavy atom. The highest BCUT2D eigenvalue weighted by atomic mass is 16.5. The molecule has 6 nitrogen and oxygen atoms in total. The molecule has 0 unspecified atom stereocenters. The van der Waals surface area contributed by atoms with Gasteiger partial charge in [-0.2, -0.15) is 0 Å². The molecular weight excluding hydrogens is 498 g/mol. The molecule has 6 heteroatoms. The van der Waals surface area contributed by atoms with Crippen molar-refractivity contribution < 1.29 is 14.6 Å². The first-order chi connectivity index (χ1) is 19.1. The van der Waals surface area contributed by atoms with Gasteiger partial charge in [-0.15, -0.1) is 0 Å². The molecule has 0 aromatic carbocycles. The van der Waals surface area contributed by atoms with Crippen molar-refractivity contribution in [2.75, 3.05) is 19.6 Å². The third-order valence-electron chi connectivity index (χ3n) is 14.1. The van der Waals surface area contributed by atoms with Gasteiger partial charge in [-0.05, 0) is 136 Å². The van der Waals surface area contributed by atoms with E-state index in [0.29, 0.717) is 40.6 Å². The van der Waals surface area contributed by atoms with E-state index in [-0.39, 0.29) is 5.72 Å². The first kappa shape index (κ1) is 29.4. The fourth-order valence-electron chi connectivity index (χ4n) is 12.0. The van der Waals surface area contributed by atoms with Crippen molar-refractivity contribution in [1.29, 1.82) is 0 Å². The van der Waals surface area contributed by atoms with Crippen molar-refractivity contribution in [3.8, 4) is 0 Å². The number of amides is 1. The van der Waals surface area contributed by atoms with Crippen molar-refractivity contribution in [2.45, 2.75) is 135 Å². The zero-order valence-electron chi connectivity index (χ0n) is 26.0. The Labute approximate surface area is 243 Å². The number of nitrogens with two attached hydrogens (primary N) is 1. The molecule has 6 rings (SSSR count). The fourth-order valence-corrected chi connectivity index (χ4v) is 12.0. The number of rotatable bonds is 8. The van der Waals surface area contributed by atoms with Crippen LogP contribution in [0, 0.1) is 52.3 Å². The van der Waals surface area contributed by atoms with E-state index in [0.717, 1.165) is 88.7 Å². The highest BCUT2D eigenvalue weighted by molar-refractivity contribution is 5.49. The summed E-state index contributed by atoms with van der Waals surface area (Å²) in [5.74, 6) is 4.43. The zero-order chi connectivity index (χ0) is 28.3. The van der Waals surface area contributed by atoms with Crippen LogP contribution in [-0.2, 0) is 9.53 Å². The lowest BCUT2D eigenvalue weighted by molar-refractivity contribution is -0.195. The average Bonchev–Trinajstić information content (AvgIpc) is 3.38. The van der Waals surface area contributed by atoms with Gasteiger partial charge in [0.1, 0.15) is 11.4 Å². The van der Waals surface area contributed by atoms with E-state index >= 15 is 0 Å². The summed E-state index contributed by atoms with van der Waals surface area (Å²) in [6.07, 6.45) is 17.5. The van der Waals surface area contributed by atoms with Crippen LogP contribution in [0.3, 0.4) is 0 Å². The minimum Gasteiger partial charge on any atom is -0.376 e. The first-order valence-corrected chi connectivity index (χ1v) is 17.2. The monoisotopic (exact) mass is 557 g/mol. The van der Waals surface area contributed by atoms with Crippen LogP contribution in [0.4, 0.5) is 0 Å². The quantitative estimate of drug-likeness (QED) is 0.203. The highest BCUT2D eigenvalue weighted by Gasteiger charge is 2.70. The summed E-state index contributed by atoms with van der Waals surface area (Å²) in [6.45, 7) is 12.4. The van der Waals surface area contributed by atoms with Crippen molar-refractivity contribution in [3.05, 3.63) is 0 Å². The van der Waals surface area contributed by atoms with Gasteiger partial charge in [0.15, 0.2) is 0 Å². The molecule has 0 radical (unpaired) electrons. The number of likely N-dealkylation sites (tertiary alicyclic amines) is 1. The van der Waals surface area contributed by atoms with Crippen LogP contribution in [0.15, 0.2) is 0 Å². The highest BCUT2D eigenvalue weighted by Crippen LogP contribution is 2.71. The normalized spacial score (nSPS) is 51.7. The number of fused-ring (bicyclic) bond motifs is 7. The predicted molar refractivity (Wildman–Crippen MR) is 159 cm³/mol. The molecule has 0 aromatic heterocycles. The molecule has 0 aromatic rings. The van der Waals surface area contributed by atoms with E-state index in [9.17, 15) is 9.90 Å². The van der Waals surface area contributed by atoms with Crippen LogP contribution < -0.4 is 11.1 Å². The molecule has 2 aliphatic heterocycles. The van der Waals surface area contributed by atoms with Crippen LogP contribution in [-0.4, -0.2) is 53.6 Å². The second-order valence-corrected chi connectivity index (χ2v) is 16.0. The van der Waals surface area contributed by atoms with E-state index in [1.807, 2.05) is 0 Å². The Kier molecular flexibility index (Phi) is 7.92. The topological polar surface area (TPSA) is 87.8 Å². The lowest BCUT2D eigenvalue weighted by atomic mass is 9.44. The van der Waals surface area contributed by atoms with E-state index < -0.39 is 5.72 Å². The number of carbonyl (C=O) groups excluding carboxylic acids is 1. The van der Waals surface area contributed by atoms with Crippen molar-refractivity contribution in [1.82, 2.24) is 10.2 Å². The number of aliphatic hydroxyl groups is 1. The molecule has 2 saturated heterocycles. The minimum absolute atomic E-state index is 0.302. The maximum atomic E-state index is 12.2. The third kappa shape index (κ3) is 4.52. The Hall–Kier alpha value is -0.690. The Morgan fingerprint density at radius 3 is 2.55 bits per heavy atom. The third-order valence-corrected chi connectivity index (χ3v) is 14.1. The Morgan fingerprint density at radius 2 is 1.77 bits per heavy atom. The van der Waals surface area contributed by atoms with Gasteiger partial charge in [-0.25, -0.2) is 0 Å². The van der Waals surface area contributed by atoms with E-state index in [1.165, 1.54) is 44.9 Å². The summed E-state index contributed by atoms with van der Waals surface area (Å²) < 4.78 is 7.09. The number of hydrogen-bond donors (Lipinski definition) is 3. The lowest BCUT2D eigenvalue weighted by Gasteiger charge is -2.62. The van der Waals surface area contributed by atoms with E-state index in [4.69, 9.17) is 10.5 Å². The molecule has 4 N–H and O–H groups in total. The Balaban J connectivity index is 1.13. The van der Waals surface area contributed by atoms with Gasteiger partial charge in [-0.3, -0.25) is 10.1 Å². The minimum atomic E-state index is -0.683. The van der Waals surface area contributed by atoms with Crippen LogP contribution in [0.2, 0.25) is 0 Å². The molecule has 1 amide bonds. The van der Waals surface area contributed by atoms with Gasteiger partial charge in [0.2, 0.25) is 6.41 Å². The summed E-state index contributed by atoms with van der Waals surface area (Å²) >= 11 is 0. The van der Waals surface area contributed by atoms with Crippen LogP contribution >= 0.6 is 0 Å². The summed E-state index contributed by atoms with van der Waals surface area (Å²) in [5, 5.41) is 15.1. The summed E-state index contributed by atoms with van der Waals surface area (Å²) in [7, 11) is 0. The van der Waals surface area contributed by atoms with E-state index in [2.05, 4.69) is 37.9 Å². The van der Waals surface area contributed by atoms with Gasteiger partial charge >= 0.3 is 0 Å². The fraction of sp³-hybridized carbons (Fsp3) is 0.971. The standard InChI is InChI=1S/C34H59N3O3/c1-23-11-14-34(37(21-23)22-38)24(2)30-29(40-34)19-28-26-10-9-25-20-33(39,36-18-8-6-5-7-17-35)16-15-31(25,3)27(26)12-13-32(28,30)4/h22-30,36,39H,5-21,35H2,1-4H3/t23-,24-,25-,26+,27-,28-,29-,30-,31-,32-,33-,34-/m0/s1. The van der Waals surface area contributed by atoms with Gasteiger partial charge in [0.25, 0.3) is 0 Å². The average molecular weight is 558 g/mol. The molecule has 40 heavy (non-hydrogen) atoms. The van der Waals surface area contributed by atoms with Gasteiger partial charge < -0.3 is 20.5 Å². The first-order valence-electron chi connectivity index (χ1n) is 17.2. The molecule has 12 atom stereocenters. The number of carbonyl (C=O) groups is 1. The summed E-state index contributed by atoms with van der Waals surface area (Å²) in [6, 6.07) is 0. The van der Waals surface area contributed by atoms with Crippen LogP contribution in [0.5, 0.6) is 0 Å². The molecular formula is C34H59N3O3. The molecule has 1 spiro atoms. The number of nitrogens with zero attached hydrogens (tertiary/aromatic N) is 1. The number of piperidine rings is 1. The van der Waals surface area contributed by atoms with Gasteiger partial charge in [0.05, 0.1) is 6.10 Å². The molecule has 4 aliphatic carbocycles. The molecule has 6 fully saturated rings. The number of ether oxygens (including phenoxy) is 1. The SMILES string of the molecule is C[C@H]1CC[C@@]2(O[C@H]3C[C@H]4[C@@H]5CC[C@H]6C[C@](O)(NCCCCCCN)CC[C@]6(C)[C@H]5CC[C@]4(C)[C@H]3[C@@H]2C)N(C=O)C1. The van der Waals surface area contributed by atoms with Crippen LogP contribution in [0.25, 0.3) is 0 Å². The van der Waals surface area contributed by atoms with Gasteiger partial charge in [0, 0.05) is 12.5 Å². The molecule has 6 aliphatic rings. The summed E-state index contributed by atoms with van der Waals surface area (Å²) in [4.78, 5) is 14.3. The second kappa shape index (κ2) is 10.8. The van der Waals surface area contributed by atoms with Crippen molar-refractivity contribution in [2.24, 2.45) is 58.0 Å². The Bertz CT molecular complexity index is 932. The maximum absolute atomic E-state index is 12.2. The van der Waals surface area contributed by atoms with Crippen LogP contribution in [0.1, 0.15) is 118 Å². The lowest BCUT2D eigenvalue weighted by Crippen LogP contribution is -2.60. The van der Waals surface area contributed by atoms with Crippen molar-refractivity contribution in [3.63, 3.8) is 0 Å². The largest absolute Gasteiger partial charge is 0.376 e. The molecule has 2 heterocycles. The smallest absolute Gasteiger partial charge is 0.211 e. The number of unbranched alkanes of at least 4 members (excludes halogenated alkanes) is 3. The van der Waals surface area contributed by atoms with Gasteiger partial charge in [-0.1, -0.05) is 40.5 Å². The maximum Gasteiger partial charge on any atom is 0.211 e. The molecule has 228 valence electrons. The number of nitrogens with one attached hydrogen (secondary N) is 1. The molecule has 0 bridgehead atoms. The summed E-state index contributed by atoms with van der Waals surface area (Å²) in [5.41, 5.74) is 5.24. The zero-order valence-corrected chi connectivity index (χ0v) is 26.0. The van der Waals surface area contributed by atoms with E-state index in [1.54, 1.807) is 0 Å². The van der Waals surface area contributed by atoms with Crippen molar-refractivity contribution >= 4 is 6.41 Å². The number of hydrogen-bond acceptors (Lipinski definition) is 5. The second-order valence-electron chi connectivity index (χ2n) is 16.0.